The van der Waals surface area contributed by atoms with Crippen molar-refractivity contribution in [2.75, 3.05) is 18.0 Å². The number of hydrogen-bond donors (Lipinski definition) is 0. The minimum absolute atomic E-state index is 0.0397. The van der Waals surface area contributed by atoms with Gasteiger partial charge in [0.2, 0.25) is 11.8 Å². The Bertz CT molecular complexity index is 648. The number of benzene rings is 1. The van der Waals surface area contributed by atoms with E-state index in [0.717, 1.165) is 18.6 Å². The molecule has 1 saturated heterocycles. The molecular formula is C17H20F2N2O2. The molecule has 1 fully saturated rings. The largest absolute Gasteiger partial charge is 0.331 e. The molecule has 1 aromatic rings. The molecule has 0 bridgehead atoms. The maximum absolute atomic E-state index is 14.2. The minimum atomic E-state index is -0.599. The van der Waals surface area contributed by atoms with E-state index in [2.05, 4.69) is 0 Å². The zero-order chi connectivity index (χ0) is 16.6. The van der Waals surface area contributed by atoms with E-state index in [1.54, 1.807) is 4.90 Å². The zero-order valence-electron chi connectivity index (χ0n) is 13.1. The lowest BCUT2D eigenvalue weighted by Gasteiger charge is -2.35. The number of rotatable bonds is 3. The van der Waals surface area contributed by atoms with E-state index in [1.165, 1.54) is 4.90 Å². The van der Waals surface area contributed by atoms with Crippen molar-refractivity contribution in [1.29, 1.82) is 0 Å². The van der Waals surface area contributed by atoms with Crippen LogP contribution < -0.4 is 4.90 Å². The first-order valence-corrected chi connectivity index (χ1v) is 8.12. The van der Waals surface area contributed by atoms with Gasteiger partial charge in [0.15, 0.2) is 0 Å². The second-order valence-corrected chi connectivity index (χ2v) is 6.06. The number of likely N-dealkylation sites (tertiary alicyclic amines) is 1. The smallest absolute Gasteiger partial charge is 0.249 e. The average Bonchev–Trinajstić information content (AvgIpc) is 2.97. The van der Waals surface area contributed by atoms with Gasteiger partial charge in [-0.25, -0.2) is 8.78 Å². The number of carbonyl (C=O) groups is 2. The van der Waals surface area contributed by atoms with Crippen molar-refractivity contribution in [2.45, 2.75) is 45.1 Å². The summed E-state index contributed by atoms with van der Waals surface area (Å²) in [4.78, 5) is 27.8. The van der Waals surface area contributed by atoms with Gasteiger partial charge in [0, 0.05) is 25.1 Å². The van der Waals surface area contributed by atoms with Crippen LogP contribution in [0.2, 0.25) is 0 Å². The van der Waals surface area contributed by atoms with Gasteiger partial charge in [-0.05, 0) is 37.8 Å². The van der Waals surface area contributed by atoms with Gasteiger partial charge in [0.05, 0.1) is 5.69 Å². The van der Waals surface area contributed by atoms with Crippen LogP contribution in [0.5, 0.6) is 0 Å². The van der Waals surface area contributed by atoms with E-state index in [4.69, 9.17) is 0 Å². The number of anilines is 1. The Morgan fingerprint density at radius 3 is 2.52 bits per heavy atom. The summed E-state index contributed by atoms with van der Waals surface area (Å²) < 4.78 is 28.2. The van der Waals surface area contributed by atoms with E-state index >= 15 is 0 Å². The highest BCUT2D eigenvalue weighted by atomic mass is 19.1. The Labute approximate surface area is 134 Å². The number of nitrogens with zero attached hydrogens (tertiary/aromatic N) is 2. The van der Waals surface area contributed by atoms with Crippen molar-refractivity contribution < 1.29 is 18.4 Å². The fraction of sp³-hybridized carbons (Fsp3) is 0.529. The van der Waals surface area contributed by atoms with Crippen LogP contribution in [0, 0.1) is 11.6 Å². The summed E-state index contributed by atoms with van der Waals surface area (Å²) in [5.41, 5.74) is 0.304. The average molecular weight is 322 g/mol. The third kappa shape index (κ3) is 2.71. The molecule has 2 aliphatic rings. The lowest BCUT2D eigenvalue weighted by Crippen LogP contribution is -2.50. The summed E-state index contributed by atoms with van der Waals surface area (Å²) in [5.74, 6) is -1.42. The van der Waals surface area contributed by atoms with Gasteiger partial charge in [0.25, 0.3) is 0 Å². The van der Waals surface area contributed by atoms with Crippen LogP contribution in [-0.2, 0) is 16.0 Å². The monoisotopic (exact) mass is 322 g/mol. The minimum Gasteiger partial charge on any atom is -0.331 e. The molecule has 3 rings (SSSR count). The highest BCUT2D eigenvalue weighted by molar-refractivity contribution is 6.00. The Kier molecular flexibility index (Phi) is 4.33. The molecule has 0 aromatic heterocycles. The van der Waals surface area contributed by atoms with Crippen molar-refractivity contribution in [2.24, 2.45) is 0 Å². The lowest BCUT2D eigenvalue weighted by molar-refractivity contribution is -0.136. The van der Waals surface area contributed by atoms with Crippen molar-refractivity contribution in [3.8, 4) is 0 Å². The van der Waals surface area contributed by atoms with Crippen molar-refractivity contribution in [1.82, 2.24) is 4.90 Å². The van der Waals surface area contributed by atoms with Gasteiger partial charge in [-0.15, -0.1) is 0 Å². The van der Waals surface area contributed by atoms with Crippen LogP contribution in [0.1, 0.15) is 38.2 Å². The number of fused-ring (bicyclic) bond motifs is 1. The summed E-state index contributed by atoms with van der Waals surface area (Å²) in [5, 5.41) is 0. The van der Waals surface area contributed by atoms with E-state index in [-0.39, 0.29) is 23.1 Å². The predicted octanol–water partition coefficient (Wildman–Crippen LogP) is 2.65. The molecule has 124 valence electrons. The maximum Gasteiger partial charge on any atom is 0.249 e. The predicted molar refractivity (Wildman–Crippen MR) is 82.1 cm³/mol. The molecule has 0 radical (unpaired) electrons. The number of amides is 2. The summed E-state index contributed by atoms with van der Waals surface area (Å²) in [6.45, 7) is 2.74. The third-order valence-corrected chi connectivity index (χ3v) is 4.68. The maximum atomic E-state index is 14.2. The van der Waals surface area contributed by atoms with Gasteiger partial charge >= 0.3 is 0 Å². The lowest BCUT2D eigenvalue weighted by atomic mass is 9.99. The first-order chi connectivity index (χ1) is 11.0. The Morgan fingerprint density at radius 1 is 1.17 bits per heavy atom. The first kappa shape index (κ1) is 15.9. The molecule has 2 heterocycles. The molecule has 1 atom stereocenters. The van der Waals surface area contributed by atoms with Crippen LogP contribution in [0.4, 0.5) is 14.5 Å². The van der Waals surface area contributed by atoms with Crippen LogP contribution in [0.3, 0.4) is 0 Å². The van der Waals surface area contributed by atoms with E-state index in [1.807, 2.05) is 6.92 Å². The number of hydrogen-bond acceptors (Lipinski definition) is 2. The first-order valence-electron chi connectivity index (χ1n) is 8.12. The molecule has 2 amide bonds. The molecule has 0 aliphatic carbocycles. The number of carbonyl (C=O) groups excluding carboxylic acids is 2. The van der Waals surface area contributed by atoms with E-state index in [9.17, 15) is 18.4 Å². The van der Waals surface area contributed by atoms with Gasteiger partial charge in [-0.3, -0.25) is 9.59 Å². The molecule has 0 N–H and O–H groups in total. The Balaban J connectivity index is 1.95. The molecule has 0 saturated carbocycles. The zero-order valence-corrected chi connectivity index (χ0v) is 13.1. The Hall–Kier alpha value is -1.98. The van der Waals surface area contributed by atoms with E-state index in [0.29, 0.717) is 38.8 Å². The second-order valence-electron chi connectivity index (χ2n) is 6.06. The van der Waals surface area contributed by atoms with Gasteiger partial charge in [0.1, 0.15) is 17.7 Å². The quantitative estimate of drug-likeness (QED) is 0.858. The highest BCUT2D eigenvalue weighted by Gasteiger charge is 2.37. The van der Waals surface area contributed by atoms with Crippen LogP contribution >= 0.6 is 0 Å². The van der Waals surface area contributed by atoms with Gasteiger partial charge < -0.3 is 9.80 Å². The molecule has 0 unspecified atom stereocenters. The van der Waals surface area contributed by atoms with Crippen LogP contribution in [-0.4, -0.2) is 35.8 Å². The fourth-order valence-corrected chi connectivity index (χ4v) is 3.57. The Morgan fingerprint density at radius 2 is 1.87 bits per heavy atom. The van der Waals surface area contributed by atoms with Crippen LogP contribution in [0.15, 0.2) is 12.1 Å². The van der Waals surface area contributed by atoms with Crippen molar-refractivity contribution >= 4 is 17.5 Å². The summed E-state index contributed by atoms with van der Waals surface area (Å²) in [7, 11) is 0. The molecule has 4 nitrogen and oxygen atoms in total. The standard InChI is InChI=1S/C17H20F2N2O2/c1-2-14(20-9-4-6-15(20)22)17(23)21-10-3-5-11-12(18)7-8-13(19)16(11)21/h7-8,14H,2-6,9-10H2,1H3/t14-/m1/s1. The van der Waals surface area contributed by atoms with E-state index < -0.39 is 17.7 Å². The molecule has 23 heavy (non-hydrogen) atoms. The van der Waals surface area contributed by atoms with Gasteiger partial charge in [-0.1, -0.05) is 6.92 Å². The summed E-state index contributed by atoms with van der Waals surface area (Å²) >= 11 is 0. The molecule has 1 aromatic carbocycles. The van der Waals surface area contributed by atoms with Gasteiger partial charge in [-0.2, -0.15) is 0 Å². The summed E-state index contributed by atoms with van der Waals surface area (Å²) in [6, 6.07) is 1.56. The molecule has 2 aliphatic heterocycles. The summed E-state index contributed by atoms with van der Waals surface area (Å²) in [6.07, 6.45) is 2.66. The SMILES string of the molecule is CC[C@H](C(=O)N1CCCc2c(F)ccc(F)c21)N1CCCC1=O. The fourth-order valence-electron chi connectivity index (χ4n) is 3.57. The normalized spacial score (nSPS) is 19.0. The highest BCUT2D eigenvalue weighted by Crippen LogP contribution is 2.33. The molecular weight excluding hydrogens is 302 g/mol. The van der Waals surface area contributed by atoms with Crippen LogP contribution in [0.25, 0.3) is 0 Å². The molecule has 6 heteroatoms. The number of halogens is 2. The second kappa shape index (κ2) is 6.26. The molecule has 0 spiro atoms. The third-order valence-electron chi connectivity index (χ3n) is 4.68. The van der Waals surface area contributed by atoms with Crippen molar-refractivity contribution in [3.05, 3.63) is 29.3 Å². The van der Waals surface area contributed by atoms with Crippen molar-refractivity contribution in [3.63, 3.8) is 0 Å². The topological polar surface area (TPSA) is 40.6 Å².